The summed E-state index contributed by atoms with van der Waals surface area (Å²) in [5, 5.41) is 4.19. The summed E-state index contributed by atoms with van der Waals surface area (Å²) in [6.45, 7) is 2.23. The van der Waals surface area contributed by atoms with Gasteiger partial charge >= 0.3 is 0 Å². The molecule has 0 heterocycles. The summed E-state index contributed by atoms with van der Waals surface area (Å²) >= 11 is 6.58. The molecule has 5 heteroatoms. The van der Waals surface area contributed by atoms with E-state index < -0.39 is 0 Å². The van der Waals surface area contributed by atoms with Crippen LogP contribution in [0.1, 0.15) is 38.2 Å². The first-order chi connectivity index (χ1) is 9.24. The molecule has 1 aromatic carbocycles. The van der Waals surface area contributed by atoms with E-state index in [2.05, 4.69) is 23.5 Å². The molecule has 0 unspecified atom stereocenters. The van der Waals surface area contributed by atoms with Gasteiger partial charge < -0.3 is 5.73 Å². The van der Waals surface area contributed by atoms with E-state index in [1.807, 2.05) is 30.0 Å². The fourth-order valence-electron chi connectivity index (χ4n) is 1.60. The van der Waals surface area contributed by atoms with Gasteiger partial charge in [0.25, 0.3) is 0 Å². The van der Waals surface area contributed by atoms with Crippen molar-refractivity contribution in [2.75, 3.05) is 5.75 Å². The molecule has 0 spiro atoms. The lowest BCUT2D eigenvalue weighted by Crippen LogP contribution is -2.24. The Labute approximate surface area is 125 Å². The van der Waals surface area contributed by atoms with Crippen molar-refractivity contribution in [3.63, 3.8) is 0 Å². The highest BCUT2D eigenvalue weighted by molar-refractivity contribution is 7.99. The molecule has 0 saturated carbocycles. The van der Waals surface area contributed by atoms with E-state index in [1.165, 1.54) is 30.6 Å². The number of thioether (sulfide) groups is 1. The standard InChI is InChI=1S/C14H21N3S2/c1-2-3-4-7-10-19-13-9-6-5-8-12(13)11-16-17-14(15)18/h5-6,8-9,11H,2-4,7,10H2,1H3,(H3,15,17,18). The van der Waals surface area contributed by atoms with Gasteiger partial charge in [0.05, 0.1) is 6.21 Å². The molecule has 0 bridgehead atoms. The number of unbranched alkanes of at least 4 members (excludes halogenated alkanes) is 3. The highest BCUT2D eigenvalue weighted by atomic mass is 32.2. The number of nitrogens with one attached hydrogen (secondary N) is 1. The van der Waals surface area contributed by atoms with E-state index >= 15 is 0 Å². The molecule has 3 nitrogen and oxygen atoms in total. The van der Waals surface area contributed by atoms with Crippen LogP contribution in [0, 0.1) is 0 Å². The van der Waals surface area contributed by atoms with Gasteiger partial charge in [0.1, 0.15) is 0 Å². The van der Waals surface area contributed by atoms with E-state index in [1.54, 1.807) is 6.21 Å². The molecule has 1 aromatic rings. The summed E-state index contributed by atoms with van der Waals surface area (Å²) in [4.78, 5) is 1.24. The van der Waals surface area contributed by atoms with Crippen LogP contribution in [0.15, 0.2) is 34.3 Å². The molecule has 0 aliphatic carbocycles. The first-order valence-corrected chi connectivity index (χ1v) is 7.93. The third-order valence-corrected chi connectivity index (χ3v) is 3.82. The predicted octanol–water partition coefficient (Wildman–Crippen LogP) is 3.53. The maximum atomic E-state index is 5.32. The number of nitrogens with zero attached hydrogens (tertiary/aromatic N) is 1. The van der Waals surface area contributed by atoms with Crippen molar-refractivity contribution >= 4 is 35.3 Å². The second-order valence-electron chi connectivity index (χ2n) is 4.18. The summed E-state index contributed by atoms with van der Waals surface area (Å²) in [5.74, 6) is 1.15. The quantitative estimate of drug-likeness (QED) is 0.253. The topological polar surface area (TPSA) is 50.4 Å². The second-order valence-corrected chi connectivity index (χ2v) is 5.76. The van der Waals surface area contributed by atoms with Gasteiger partial charge in [-0.1, -0.05) is 44.4 Å². The zero-order chi connectivity index (χ0) is 13.9. The summed E-state index contributed by atoms with van der Waals surface area (Å²) in [6.07, 6.45) is 6.92. The minimum atomic E-state index is 0.181. The molecule has 1 rings (SSSR count). The molecule has 0 radical (unpaired) electrons. The highest BCUT2D eigenvalue weighted by Gasteiger charge is 2.00. The van der Waals surface area contributed by atoms with E-state index in [0.29, 0.717) is 0 Å². The number of nitrogens with two attached hydrogens (primary N) is 1. The number of hydrogen-bond donors (Lipinski definition) is 2. The van der Waals surface area contributed by atoms with Crippen LogP contribution in [0.2, 0.25) is 0 Å². The van der Waals surface area contributed by atoms with Gasteiger partial charge in [0, 0.05) is 10.5 Å². The molecule has 0 aliphatic heterocycles. The summed E-state index contributed by atoms with van der Waals surface area (Å²) in [7, 11) is 0. The Morgan fingerprint density at radius 3 is 2.89 bits per heavy atom. The summed E-state index contributed by atoms with van der Waals surface area (Å²) in [5.41, 5.74) is 8.99. The van der Waals surface area contributed by atoms with Crippen LogP contribution >= 0.6 is 24.0 Å². The van der Waals surface area contributed by atoms with Crippen LogP contribution in [-0.2, 0) is 0 Å². The van der Waals surface area contributed by atoms with E-state index in [-0.39, 0.29) is 5.11 Å². The molecular weight excluding hydrogens is 274 g/mol. The Morgan fingerprint density at radius 1 is 1.37 bits per heavy atom. The Balaban J connectivity index is 2.48. The highest BCUT2D eigenvalue weighted by Crippen LogP contribution is 2.22. The van der Waals surface area contributed by atoms with Crippen molar-refractivity contribution in [2.24, 2.45) is 10.8 Å². The van der Waals surface area contributed by atoms with Crippen LogP contribution < -0.4 is 11.2 Å². The Kier molecular flexibility index (Phi) is 8.25. The van der Waals surface area contributed by atoms with E-state index in [4.69, 9.17) is 18.0 Å². The van der Waals surface area contributed by atoms with Crippen molar-refractivity contribution in [2.45, 2.75) is 37.5 Å². The average molecular weight is 295 g/mol. The fourth-order valence-corrected chi connectivity index (χ4v) is 2.68. The maximum Gasteiger partial charge on any atom is 0.184 e. The number of hydrogen-bond acceptors (Lipinski definition) is 3. The lowest BCUT2D eigenvalue weighted by atomic mass is 10.2. The van der Waals surface area contributed by atoms with Crippen LogP contribution in [0.4, 0.5) is 0 Å². The van der Waals surface area contributed by atoms with E-state index in [0.717, 1.165) is 11.3 Å². The molecule has 0 atom stereocenters. The molecule has 3 N–H and O–H groups in total. The zero-order valence-electron chi connectivity index (χ0n) is 11.3. The molecule has 0 aromatic heterocycles. The van der Waals surface area contributed by atoms with Gasteiger partial charge in [0.2, 0.25) is 0 Å². The molecule has 0 fully saturated rings. The minimum absolute atomic E-state index is 0.181. The smallest absolute Gasteiger partial charge is 0.184 e. The molecule has 0 aliphatic rings. The van der Waals surface area contributed by atoms with Crippen molar-refractivity contribution in [1.29, 1.82) is 0 Å². The third-order valence-electron chi connectivity index (χ3n) is 2.55. The van der Waals surface area contributed by atoms with Gasteiger partial charge in [0.15, 0.2) is 5.11 Å². The van der Waals surface area contributed by atoms with Gasteiger partial charge in [-0.15, -0.1) is 11.8 Å². The van der Waals surface area contributed by atoms with Crippen molar-refractivity contribution in [1.82, 2.24) is 5.43 Å². The summed E-state index contributed by atoms with van der Waals surface area (Å²) < 4.78 is 0. The second kappa shape index (κ2) is 9.81. The lowest BCUT2D eigenvalue weighted by Gasteiger charge is -2.05. The van der Waals surface area contributed by atoms with Gasteiger partial charge in [-0.25, -0.2) is 0 Å². The minimum Gasteiger partial charge on any atom is -0.375 e. The first kappa shape index (κ1) is 16.0. The zero-order valence-corrected chi connectivity index (χ0v) is 12.9. The van der Waals surface area contributed by atoms with Crippen molar-refractivity contribution in [3.05, 3.63) is 29.8 Å². The Morgan fingerprint density at radius 2 is 2.16 bits per heavy atom. The molecule has 19 heavy (non-hydrogen) atoms. The Bertz CT molecular complexity index is 419. The van der Waals surface area contributed by atoms with Crippen LogP contribution in [-0.4, -0.2) is 17.1 Å². The first-order valence-electron chi connectivity index (χ1n) is 6.54. The molecule has 0 amide bonds. The van der Waals surface area contributed by atoms with Gasteiger partial charge in [-0.2, -0.15) is 5.10 Å². The lowest BCUT2D eigenvalue weighted by molar-refractivity contribution is 0.706. The van der Waals surface area contributed by atoms with Crippen LogP contribution in [0.5, 0.6) is 0 Å². The normalized spacial score (nSPS) is 10.8. The third kappa shape index (κ3) is 7.18. The fraction of sp³-hybridized carbons (Fsp3) is 0.429. The SMILES string of the molecule is CCCCCCSc1ccccc1C=NNC(N)=S. The van der Waals surface area contributed by atoms with Gasteiger partial charge in [-0.05, 0) is 30.5 Å². The average Bonchev–Trinajstić information content (AvgIpc) is 2.40. The van der Waals surface area contributed by atoms with Crippen molar-refractivity contribution in [3.8, 4) is 0 Å². The van der Waals surface area contributed by atoms with Crippen LogP contribution in [0.3, 0.4) is 0 Å². The predicted molar refractivity (Wildman–Crippen MR) is 88.8 cm³/mol. The Hall–Kier alpha value is -1.07. The number of hydrazone groups is 1. The number of thiocarbonyl (C=S) groups is 1. The molecular formula is C14H21N3S2. The largest absolute Gasteiger partial charge is 0.375 e. The maximum absolute atomic E-state index is 5.32. The molecule has 104 valence electrons. The molecule has 0 saturated heterocycles. The van der Waals surface area contributed by atoms with Gasteiger partial charge in [-0.3, -0.25) is 5.43 Å². The van der Waals surface area contributed by atoms with E-state index in [9.17, 15) is 0 Å². The monoisotopic (exact) mass is 295 g/mol. The number of benzene rings is 1. The van der Waals surface area contributed by atoms with Crippen molar-refractivity contribution < 1.29 is 0 Å². The number of rotatable bonds is 8. The summed E-state index contributed by atoms with van der Waals surface area (Å²) in [6, 6.07) is 8.21. The van der Waals surface area contributed by atoms with Crippen LogP contribution in [0.25, 0.3) is 0 Å².